The summed E-state index contributed by atoms with van der Waals surface area (Å²) in [7, 11) is 0. The summed E-state index contributed by atoms with van der Waals surface area (Å²) in [6.45, 7) is 1.82. The summed E-state index contributed by atoms with van der Waals surface area (Å²) in [6.07, 6.45) is -1.87. The highest BCUT2D eigenvalue weighted by molar-refractivity contribution is 5.79. The van der Waals surface area contributed by atoms with E-state index in [0.29, 0.717) is 38.7 Å². The molecule has 0 saturated carbocycles. The van der Waals surface area contributed by atoms with Gasteiger partial charge in [0.2, 0.25) is 5.91 Å². The number of H-pyrrole nitrogens is 1. The topological polar surface area (TPSA) is 101 Å². The van der Waals surface area contributed by atoms with Gasteiger partial charge in [-0.3, -0.25) is 4.79 Å². The number of ether oxygens (including phenoxy) is 2. The first kappa shape index (κ1) is 24.3. The number of likely N-dealkylation sites (tertiary alicyclic amines) is 2. The molecule has 1 aromatic carbocycles. The van der Waals surface area contributed by atoms with E-state index >= 15 is 0 Å². The number of alkyl halides is 3. The second-order valence-corrected chi connectivity index (χ2v) is 9.69. The summed E-state index contributed by atoms with van der Waals surface area (Å²) in [4.78, 5) is 28.8. The lowest BCUT2D eigenvalue weighted by Gasteiger charge is -2.53. The number of rotatable bonds is 4. The van der Waals surface area contributed by atoms with Crippen LogP contribution in [0.5, 0.6) is 5.75 Å². The van der Waals surface area contributed by atoms with Gasteiger partial charge in [-0.15, -0.1) is 13.2 Å². The van der Waals surface area contributed by atoms with Crippen molar-refractivity contribution >= 4 is 12.0 Å². The van der Waals surface area contributed by atoms with E-state index in [4.69, 9.17) is 4.74 Å². The van der Waals surface area contributed by atoms with Crippen LogP contribution in [0, 0.1) is 17.2 Å². The lowest BCUT2D eigenvalue weighted by atomic mass is 9.72. The first-order valence-corrected chi connectivity index (χ1v) is 11.7. The molecule has 3 aliphatic rings. The monoisotopic (exact) mass is 511 g/mol. The number of carbonyl (C=O) groups excluding carboxylic acids is 2. The van der Waals surface area contributed by atoms with Crippen molar-refractivity contribution in [2.24, 2.45) is 11.3 Å². The number of benzene rings is 1. The van der Waals surface area contributed by atoms with E-state index in [1.165, 1.54) is 4.90 Å². The predicted molar refractivity (Wildman–Crippen MR) is 115 cm³/mol. The van der Waals surface area contributed by atoms with Gasteiger partial charge < -0.3 is 19.3 Å². The summed E-state index contributed by atoms with van der Waals surface area (Å²) in [5.74, 6) is -1.59. The molecule has 1 aliphatic carbocycles. The van der Waals surface area contributed by atoms with Crippen LogP contribution in [0.4, 0.5) is 22.4 Å². The number of amides is 2. The van der Waals surface area contributed by atoms with Crippen LogP contribution in [0.2, 0.25) is 0 Å². The van der Waals surface area contributed by atoms with Crippen molar-refractivity contribution in [3.8, 4) is 5.75 Å². The second kappa shape index (κ2) is 9.25. The maximum atomic E-state index is 14.1. The molecule has 36 heavy (non-hydrogen) atoms. The van der Waals surface area contributed by atoms with Crippen LogP contribution < -0.4 is 4.74 Å². The Bertz CT molecular complexity index is 1140. The van der Waals surface area contributed by atoms with Gasteiger partial charge in [0.1, 0.15) is 18.2 Å². The molecule has 5 rings (SSSR count). The SMILES string of the molecule is O=C(OCc1ccc(OC(F)(F)F)cc1F)N1CC2(CCN(C(=O)C3CCc4n[nH]nc4C3)CC2)C1. The molecule has 13 heteroatoms. The van der Waals surface area contributed by atoms with Crippen LogP contribution >= 0.6 is 0 Å². The quantitative estimate of drug-likeness (QED) is 0.633. The van der Waals surface area contributed by atoms with Crippen LogP contribution in [0.3, 0.4) is 0 Å². The molecule has 194 valence electrons. The fourth-order valence-corrected chi connectivity index (χ4v) is 5.24. The standard InChI is InChI=1S/C23H25F4N5O4/c24-17-10-16(36-23(25,26)27)3-1-15(17)11-35-21(34)32-12-22(13-32)5-7-31(8-6-22)20(33)14-2-4-18-19(9-14)29-30-28-18/h1,3,10,14H,2,4-9,11-13H2,(H,28,29,30). The number of halogens is 4. The highest BCUT2D eigenvalue weighted by Crippen LogP contribution is 2.41. The molecule has 2 fully saturated rings. The number of piperidine rings is 1. The zero-order valence-electron chi connectivity index (χ0n) is 19.3. The maximum Gasteiger partial charge on any atom is 0.573 e. The Morgan fingerprint density at radius 1 is 1.11 bits per heavy atom. The van der Waals surface area contributed by atoms with Gasteiger partial charge in [-0.1, -0.05) is 0 Å². The van der Waals surface area contributed by atoms with Crippen molar-refractivity contribution in [1.82, 2.24) is 25.2 Å². The number of nitrogens with zero attached hydrogens (tertiary/aromatic N) is 4. The van der Waals surface area contributed by atoms with E-state index < -0.39 is 30.6 Å². The summed E-state index contributed by atoms with van der Waals surface area (Å²) < 4.78 is 59.6. The van der Waals surface area contributed by atoms with Crippen LogP contribution in [-0.2, 0) is 29.0 Å². The first-order chi connectivity index (χ1) is 17.1. The fourth-order valence-electron chi connectivity index (χ4n) is 5.24. The van der Waals surface area contributed by atoms with Crippen LogP contribution in [0.15, 0.2) is 18.2 Å². The Morgan fingerprint density at radius 2 is 1.83 bits per heavy atom. The molecule has 2 saturated heterocycles. The molecule has 1 atom stereocenters. The second-order valence-electron chi connectivity index (χ2n) is 9.69. The summed E-state index contributed by atoms with van der Waals surface area (Å²) in [5, 5.41) is 10.9. The van der Waals surface area contributed by atoms with Crippen molar-refractivity contribution in [2.75, 3.05) is 26.2 Å². The van der Waals surface area contributed by atoms with Crippen molar-refractivity contribution in [2.45, 2.75) is 45.1 Å². The highest BCUT2D eigenvalue weighted by Gasteiger charge is 2.48. The lowest BCUT2D eigenvalue weighted by Crippen LogP contribution is -2.62. The van der Waals surface area contributed by atoms with Gasteiger partial charge in [-0.05, 0) is 37.8 Å². The van der Waals surface area contributed by atoms with Crippen LogP contribution in [0.1, 0.15) is 36.2 Å². The largest absolute Gasteiger partial charge is 0.573 e. The molecule has 2 aliphatic heterocycles. The van der Waals surface area contributed by atoms with E-state index in [0.717, 1.165) is 49.2 Å². The Balaban J connectivity index is 1.06. The molecule has 0 bridgehead atoms. The minimum absolute atomic E-state index is 0.0552. The van der Waals surface area contributed by atoms with Crippen molar-refractivity contribution < 1.29 is 36.6 Å². The average Bonchev–Trinajstić information content (AvgIpc) is 3.28. The summed E-state index contributed by atoms with van der Waals surface area (Å²) in [5.41, 5.74) is 1.68. The smallest absolute Gasteiger partial charge is 0.444 e. The van der Waals surface area contributed by atoms with Crippen LogP contribution in [0.25, 0.3) is 0 Å². The predicted octanol–water partition coefficient (Wildman–Crippen LogP) is 3.21. The number of aryl methyl sites for hydroxylation is 1. The minimum Gasteiger partial charge on any atom is -0.444 e. The molecule has 3 heterocycles. The van der Waals surface area contributed by atoms with E-state index in [9.17, 15) is 27.2 Å². The number of carbonyl (C=O) groups is 2. The molecule has 1 aromatic heterocycles. The molecule has 1 N–H and O–H groups in total. The number of hydrogen-bond donors (Lipinski definition) is 1. The molecule has 0 radical (unpaired) electrons. The highest BCUT2D eigenvalue weighted by atomic mass is 19.4. The van der Waals surface area contributed by atoms with Crippen molar-refractivity contribution in [3.05, 3.63) is 41.0 Å². The lowest BCUT2D eigenvalue weighted by molar-refractivity contribution is -0.274. The number of nitrogens with one attached hydrogen (secondary N) is 1. The Labute approximate surface area is 203 Å². The molecule has 2 aromatic rings. The number of hydrogen-bond acceptors (Lipinski definition) is 6. The van der Waals surface area contributed by atoms with E-state index in [2.05, 4.69) is 20.1 Å². The normalized spacial score (nSPS) is 21.1. The number of aromatic amines is 1. The Hall–Kier alpha value is -3.38. The van der Waals surface area contributed by atoms with Gasteiger partial charge in [0.15, 0.2) is 0 Å². The zero-order chi connectivity index (χ0) is 25.5. The molecular weight excluding hydrogens is 486 g/mol. The summed E-state index contributed by atoms with van der Waals surface area (Å²) in [6, 6.07) is 2.65. The average molecular weight is 511 g/mol. The molecule has 1 spiro atoms. The maximum absolute atomic E-state index is 14.1. The summed E-state index contributed by atoms with van der Waals surface area (Å²) >= 11 is 0. The number of aromatic nitrogens is 3. The van der Waals surface area contributed by atoms with Gasteiger partial charge in [0.25, 0.3) is 0 Å². The Morgan fingerprint density at radius 3 is 2.53 bits per heavy atom. The number of fused-ring (bicyclic) bond motifs is 1. The Kier molecular flexibility index (Phi) is 6.25. The zero-order valence-corrected chi connectivity index (χ0v) is 19.3. The minimum atomic E-state index is -4.92. The first-order valence-electron chi connectivity index (χ1n) is 11.7. The molecular formula is C23H25F4N5O4. The van der Waals surface area contributed by atoms with Gasteiger partial charge in [-0.25, -0.2) is 9.18 Å². The van der Waals surface area contributed by atoms with Gasteiger partial charge in [0.05, 0.1) is 11.4 Å². The molecule has 1 unspecified atom stereocenters. The van der Waals surface area contributed by atoms with E-state index in [-0.39, 0.29) is 22.8 Å². The van der Waals surface area contributed by atoms with E-state index in [1.54, 1.807) is 0 Å². The molecule has 9 nitrogen and oxygen atoms in total. The van der Waals surface area contributed by atoms with Crippen LogP contribution in [-0.4, -0.2) is 69.8 Å². The molecule has 2 amide bonds. The third-order valence-corrected chi connectivity index (χ3v) is 7.28. The van der Waals surface area contributed by atoms with Gasteiger partial charge in [0, 0.05) is 55.6 Å². The van der Waals surface area contributed by atoms with Gasteiger partial charge >= 0.3 is 12.5 Å². The van der Waals surface area contributed by atoms with Crippen molar-refractivity contribution in [1.29, 1.82) is 0 Å². The van der Waals surface area contributed by atoms with E-state index in [1.807, 2.05) is 4.90 Å². The third kappa shape index (κ3) is 5.09. The third-order valence-electron chi connectivity index (χ3n) is 7.28. The van der Waals surface area contributed by atoms with Crippen molar-refractivity contribution in [3.63, 3.8) is 0 Å². The fraction of sp³-hybridized carbons (Fsp3) is 0.565. The van der Waals surface area contributed by atoms with Gasteiger partial charge in [-0.2, -0.15) is 15.4 Å².